The van der Waals surface area contributed by atoms with Gasteiger partial charge in [0.25, 0.3) is 21.6 Å². The number of sulfonamides is 1. The number of hydrogen-bond donors (Lipinski definition) is 1. The molecule has 1 aliphatic heterocycles. The first-order chi connectivity index (χ1) is 17.3. The number of carbonyl (C=O) groups is 2. The van der Waals surface area contributed by atoms with Gasteiger partial charge in [0.2, 0.25) is 5.91 Å². The van der Waals surface area contributed by atoms with Crippen molar-refractivity contribution < 1.29 is 22.9 Å². The number of carbonyl (C=O) groups excluding carboxylic acids is 2. The molecule has 0 bridgehead atoms. The average Bonchev–Trinajstić information content (AvgIpc) is 3.43. The maximum Gasteiger partial charge on any atom is 0.269 e. The molecule has 186 valence electrons. The molecule has 10 nitrogen and oxygen atoms in total. The van der Waals surface area contributed by atoms with Crippen LogP contribution in [0.15, 0.2) is 83.8 Å². The number of benzene rings is 3. The lowest BCUT2D eigenvalue weighted by atomic mass is 10.1. The summed E-state index contributed by atoms with van der Waals surface area (Å²) in [6.45, 7) is 0.677. The van der Waals surface area contributed by atoms with Crippen molar-refractivity contribution in [3.8, 4) is 0 Å². The molecule has 0 aromatic heterocycles. The number of nitrogens with zero attached hydrogens (tertiary/aromatic N) is 3. The molecule has 0 unspecified atom stereocenters. The fourth-order valence-corrected chi connectivity index (χ4v) is 5.41. The maximum atomic E-state index is 13.4. The summed E-state index contributed by atoms with van der Waals surface area (Å²) >= 11 is 0. The fraction of sp³-hybridized carbons (Fsp3) is 0.200. The third-order valence-corrected chi connectivity index (χ3v) is 7.58. The van der Waals surface area contributed by atoms with Crippen LogP contribution in [0.5, 0.6) is 0 Å². The quantitative estimate of drug-likeness (QED) is 0.365. The Bertz CT molecular complexity index is 1370. The third-order valence-electron chi connectivity index (χ3n) is 5.79. The van der Waals surface area contributed by atoms with Gasteiger partial charge in [0, 0.05) is 25.2 Å². The highest BCUT2D eigenvalue weighted by Gasteiger charge is 2.28. The van der Waals surface area contributed by atoms with E-state index in [4.69, 9.17) is 0 Å². The van der Waals surface area contributed by atoms with Gasteiger partial charge in [-0.2, -0.15) is 0 Å². The number of nitro benzene ring substituents is 1. The van der Waals surface area contributed by atoms with Crippen molar-refractivity contribution in [3.05, 3.63) is 94.5 Å². The first-order valence-corrected chi connectivity index (χ1v) is 12.7. The Labute approximate surface area is 208 Å². The van der Waals surface area contributed by atoms with E-state index in [1.165, 1.54) is 36.4 Å². The highest BCUT2D eigenvalue weighted by atomic mass is 32.2. The molecule has 1 N–H and O–H groups in total. The minimum Gasteiger partial charge on any atom is -0.339 e. The van der Waals surface area contributed by atoms with Gasteiger partial charge in [-0.05, 0) is 49.2 Å². The van der Waals surface area contributed by atoms with E-state index in [-0.39, 0.29) is 27.9 Å². The number of rotatable bonds is 8. The monoisotopic (exact) mass is 508 g/mol. The number of nitro groups is 1. The van der Waals surface area contributed by atoms with Gasteiger partial charge in [-0.15, -0.1) is 0 Å². The van der Waals surface area contributed by atoms with Gasteiger partial charge in [-0.25, -0.2) is 8.42 Å². The van der Waals surface area contributed by atoms with Crippen LogP contribution in [0.4, 0.5) is 17.1 Å². The van der Waals surface area contributed by atoms with E-state index in [1.54, 1.807) is 47.4 Å². The van der Waals surface area contributed by atoms with Crippen LogP contribution in [-0.2, 0) is 14.8 Å². The van der Waals surface area contributed by atoms with Crippen LogP contribution in [0.25, 0.3) is 0 Å². The number of likely N-dealkylation sites (tertiary alicyclic amines) is 1. The first kappa shape index (κ1) is 24.9. The van der Waals surface area contributed by atoms with Crippen LogP contribution in [0.2, 0.25) is 0 Å². The SMILES string of the molecule is O=C(CN(c1ccc([N+](=O)[O-])cc1)S(=O)(=O)c1ccccc1)Nc1ccccc1C(=O)N1CCCC1. The number of anilines is 2. The van der Waals surface area contributed by atoms with Gasteiger partial charge in [-0.3, -0.25) is 24.0 Å². The van der Waals surface area contributed by atoms with Crippen molar-refractivity contribution in [2.45, 2.75) is 17.7 Å². The predicted octanol–water partition coefficient (Wildman–Crippen LogP) is 3.66. The molecule has 0 aliphatic carbocycles. The van der Waals surface area contributed by atoms with Crippen molar-refractivity contribution in [2.24, 2.45) is 0 Å². The first-order valence-electron chi connectivity index (χ1n) is 11.3. The predicted molar refractivity (Wildman–Crippen MR) is 134 cm³/mol. The average molecular weight is 509 g/mol. The molecule has 0 saturated carbocycles. The Morgan fingerprint density at radius 1 is 0.917 bits per heavy atom. The topological polar surface area (TPSA) is 130 Å². The van der Waals surface area contributed by atoms with Gasteiger partial charge < -0.3 is 10.2 Å². The van der Waals surface area contributed by atoms with Gasteiger partial charge in [0.05, 0.1) is 26.8 Å². The van der Waals surface area contributed by atoms with Crippen molar-refractivity contribution in [1.82, 2.24) is 4.90 Å². The van der Waals surface area contributed by atoms with Crippen molar-refractivity contribution in [2.75, 3.05) is 29.3 Å². The summed E-state index contributed by atoms with van der Waals surface area (Å²) in [4.78, 5) is 38.2. The number of nitrogens with one attached hydrogen (secondary N) is 1. The van der Waals surface area contributed by atoms with Crippen LogP contribution in [0.1, 0.15) is 23.2 Å². The van der Waals surface area contributed by atoms with Gasteiger partial charge in [-0.1, -0.05) is 30.3 Å². The van der Waals surface area contributed by atoms with Crippen LogP contribution in [-0.4, -0.2) is 49.7 Å². The van der Waals surface area contributed by atoms with E-state index in [0.717, 1.165) is 17.1 Å². The largest absolute Gasteiger partial charge is 0.339 e. The highest BCUT2D eigenvalue weighted by Crippen LogP contribution is 2.26. The van der Waals surface area contributed by atoms with E-state index < -0.39 is 27.4 Å². The van der Waals surface area contributed by atoms with Gasteiger partial charge >= 0.3 is 0 Å². The standard InChI is InChI=1S/C25H24N4O6S/c30-24(26-23-11-5-4-10-22(23)25(31)27-16-6-7-17-27)18-28(19-12-14-20(15-13-19)29(32)33)36(34,35)21-8-2-1-3-9-21/h1-5,8-15H,6-7,16-18H2,(H,26,30). The molecule has 1 aliphatic rings. The molecule has 1 heterocycles. The Kier molecular flexibility index (Phi) is 7.30. The summed E-state index contributed by atoms with van der Waals surface area (Å²) in [7, 11) is -4.19. The number of para-hydroxylation sites is 1. The molecular formula is C25H24N4O6S. The lowest BCUT2D eigenvalue weighted by Gasteiger charge is -2.24. The summed E-state index contributed by atoms with van der Waals surface area (Å²) in [6.07, 6.45) is 1.84. The van der Waals surface area contributed by atoms with E-state index in [9.17, 15) is 28.1 Å². The van der Waals surface area contributed by atoms with E-state index in [0.29, 0.717) is 18.7 Å². The number of non-ortho nitro benzene ring substituents is 1. The second-order valence-corrected chi connectivity index (χ2v) is 10.1. The number of hydrogen-bond acceptors (Lipinski definition) is 6. The van der Waals surface area contributed by atoms with E-state index >= 15 is 0 Å². The third kappa shape index (κ3) is 5.36. The van der Waals surface area contributed by atoms with Crippen molar-refractivity contribution in [3.63, 3.8) is 0 Å². The van der Waals surface area contributed by atoms with E-state index in [2.05, 4.69) is 5.32 Å². The smallest absolute Gasteiger partial charge is 0.269 e. The zero-order valence-electron chi connectivity index (χ0n) is 19.2. The Hall–Kier alpha value is -4.25. The van der Waals surface area contributed by atoms with Crippen LogP contribution >= 0.6 is 0 Å². The lowest BCUT2D eigenvalue weighted by molar-refractivity contribution is -0.384. The summed E-state index contributed by atoms with van der Waals surface area (Å²) < 4.78 is 27.8. The zero-order chi connectivity index (χ0) is 25.7. The maximum absolute atomic E-state index is 13.4. The lowest BCUT2D eigenvalue weighted by Crippen LogP contribution is -2.38. The van der Waals surface area contributed by atoms with Crippen LogP contribution < -0.4 is 9.62 Å². The summed E-state index contributed by atoms with van der Waals surface area (Å²) in [5.41, 5.74) is 0.469. The van der Waals surface area contributed by atoms with Crippen LogP contribution in [0.3, 0.4) is 0 Å². The Balaban J connectivity index is 1.63. The molecule has 1 saturated heterocycles. The molecule has 0 spiro atoms. The molecule has 3 aromatic carbocycles. The summed E-state index contributed by atoms with van der Waals surface area (Å²) in [5.74, 6) is -0.873. The molecule has 2 amide bonds. The molecule has 0 radical (unpaired) electrons. The summed E-state index contributed by atoms with van der Waals surface area (Å²) in [6, 6.07) is 19.0. The minimum atomic E-state index is -4.19. The molecule has 3 aromatic rings. The van der Waals surface area contributed by atoms with Gasteiger partial charge in [0.1, 0.15) is 6.54 Å². The molecule has 36 heavy (non-hydrogen) atoms. The van der Waals surface area contributed by atoms with E-state index in [1.807, 2.05) is 0 Å². The second-order valence-electron chi connectivity index (χ2n) is 8.19. The highest BCUT2D eigenvalue weighted by molar-refractivity contribution is 7.92. The van der Waals surface area contributed by atoms with Crippen molar-refractivity contribution in [1.29, 1.82) is 0 Å². The molecular weight excluding hydrogens is 484 g/mol. The molecule has 0 atom stereocenters. The van der Waals surface area contributed by atoms with Crippen LogP contribution in [0, 0.1) is 10.1 Å². The summed E-state index contributed by atoms with van der Waals surface area (Å²) in [5, 5.41) is 13.7. The Morgan fingerprint density at radius 2 is 1.53 bits per heavy atom. The normalized spacial score (nSPS) is 13.3. The van der Waals surface area contributed by atoms with Crippen molar-refractivity contribution >= 4 is 38.9 Å². The fourth-order valence-electron chi connectivity index (χ4n) is 3.96. The second kappa shape index (κ2) is 10.6. The zero-order valence-corrected chi connectivity index (χ0v) is 20.1. The minimum absolute atomic E-state index is 0.0410. The molecule has 11 heteroatoms. The molecule has 4 rings (SSSR count). The molecule has 1 fully saturated rings. The Morgan fingerprint density at radius 3 is 2.17 bits per heavy atom. The van der Waals surface area contributed by atoms with Gasteiger partial charge in [0.15, 0.2) is 0 Å². The number of amides is 2.